The third-order valence-corrected chi connectivity index (χ3v) is 4.79. The van der Waals surface area contributed by atoms with Gasteiger partial charge in [-0.3, -0.25) is 9.59 Å². The van der Waals surface area contributed by atoms with Gasteiger partial charge in [0.15, 0.2) is 0 Å². The van der Waals surface area contributed by atoms with Crippen LogP contribution in [0.4, 0.5) is 18.9 Å². The van der Waals surface area contributed by atoms with Gasteiger partial charge in [-0.15, -0.1) is 0 Å². The van der Waals surface area contributed by atoms with E-state index in [2.05, 4.69) is 16.0 Å². The maximum atomic E-state index is 12.8. The van der Waals surface area contributed by atoms with E-state index in [0.29, 0.717) is 24.4 Å². The van der Waals surface area contributed by atoms with Gasteiger partial charge in [0, 0.05) is 24.7 Å². The van der Waals surface area contributed by atoms with Crippen molar-refractivity contribution in [3.63, 3.8) is 0 Å². The van der Waals surface area contributed by atoms with Crippen LogP contribution in [0.15, 0.2) is 48.5 Å². The second kappa shape index (κ2) is 9.17. The molecule has 160 valence electrons. The van der Waals surface area contributed by atoms with Gasteiger partial charge in [-0.25, -0.2) is 0 Å². The number of hydrogen-bond donors (Lipinski definition) is 3. The lowest BCUT2D eigenvalue weighted by atomic mass is 10.0. The standard InChI is InChI=1S/C21H22F3N3O3/c1-25-20(29)18-12-17(9-10-26-18)30-16-7-5-15(6-8-16)27-19(28)13-3-2-4-14(11-13)21(22,23)24/h2-8,11,17-18,26H,9-10,12H2,1H3,(H,25,29)(H,27,28). The molecule has 0 aromatic heterocycles. The molecule has 1 saturated heterocycles. The summed E-state index contributed by atoms with van der Waals surface area (Å²) in [5.41, 5.74) is -0.533. The zero-order valence-corrected chi connectivity index (χ0v) is 16.3. The molecule has 2 atom stereocenters. The molecule has 9 heteroatoms. The normalized spacial score (nSPS) is 19.1. The second-order valence-corrected chi connectivity index (χ2v) is 6.94. The van der Waals surface area contributed by atoms with E-state index in [9.17, 15) is 22.8 Å². The minimum atomic E-state index is -4.51. The Balaban J connectivity index is 1.59. The lowest BCUT2D eigenvalue weighted by Gasteiger charge is -2.29. The lowest BCUT2D eigenvalue weighted by Crippen LogP contribution is -2.50. The number of benzene rings is 2. The number of alkyl halides is 3. The molecule has 1 heterocycles. The molecule has 2 amide bonds. The van der Waals surface area contributed by atoms with Crippen molar-refractivity contribution >= 4 is 17.5 Å². The summed E-state index contributed by atoms with van der Waals surface area (Å²) in [5, 5.41) is 8.32. The van der Waals surface area contributed by atoms with Crippen LogP contribution >= 0.6 is 0 Å². The summed E-state index contributed by atoms with van der Waals surface area (Å²) >= 11 is 0. The third kappa shape index (κ3) is 5.50. The number of hydrogen-bond acceptors (Lipinski definition) is 4. The van der Waals surface area contributed by atoms with Gasteiger partial charge in [0.05, 0.1) is 11.6 Å². The first kappa shape index (κ1) is 21.6. The van der Waals surface area contributed by atoms with Crippen LogP contribution in [0.25, 0.3) is 0 Å². The van der Waals surface area contributed by atoms with Crippen molar-refractivity contribution < 1.29 is 27.5 Å². The van der Waals surface area contributed by atoms with E-state index in [1.807, 2.05) is 0 Å². The van der Waals surface area contributed by atoms with Gasteiger partial charge in [-0.05, 0) is 55.4 Å². The zero-order chi connectivity index (χ0) is 21.7. The van der Waals surface area contributed by atoms with E-state index in [0.717, 1.165) is 18.6 Å². The summed E-state index contributed by atoms with van der Waals surface area (Å²) in [7, 11) is 1.58. The quantitative estimate of drug-likeness (QED) is 0.693. The number of likely N-dealkylation sites (N-methyl/N-ethyl adjacent to an activating group) is 1. The Hall–Kier alpha value is -3.07. The summed E-state index contributed by atoms with van der Waals surface area (Å²) in [6.45, 7) is 0.661. The number of nitrogens with one attached hydrogen (secondary N) is 3. The van der Waals surface area contributed by atoms with Gasteiger partial charge in [-0.1, -0.05) is 6.07 Å². The van der Waals surface area contributed by atoms with Crippen molar-refractivity contribution in [1.82, 2.24) is 10.6 Å². The molecule has 2 aromatic carbocycles. The molecule has 0 spiro atoms. The summed E-state index contributed by atoms with van der Waals surface area (Å²) in [6, 6.07) is 10.5. The van der Waals surface area contributed by atoms with Gasteiger partial charge in [0.2, 0.25) is 5.91 Å². The Morgan fingerprint density at radius 1 is 1.13 bits per heavy atom. The topological polar surface area (TPSA) is 79.5 Å². The Kier molecular flexibility index (Phi) is 6.61. The smallest absolute Gasteiger partial charge is 0.416 e. The molecule has 3 N–H and O–H groups in total. The van der Waals surface area contributed by atoms with E-state index >= 15 is 0 Å². The monoisotopic (exact) mass is 421 g/mol. The van der Waals surface area contributed by atoms with Crippen LogP contribution in [0.2, 0.25) is 0 Å². The van der Waals surface area contributed by atoms with E-state index < -0.39 is 17.6 Å². The first-order valence-corrected chi connectivity index (χ1v) is 9.46. The second-order valence-electron chi connectivity index (χ2n) is 6.94. The predicted molar refractivity (Wildman–Crippen MR) is 105 cm³/mol. The molecule has 0 radical (unpaired) electrons. The van der Waals surface area contributed by atoms with Gasteiger partial charge < -0.3 is 20.7 Å². The minimum absolute atomic E-state index is 0.0832. The molecule has 0 saturated carbocycles. The Labute approximate surface area is 171 Å². The summed E-state index contributed by atoms with van der Waals surface area (Å²) < 4.78 is 44.4. The highest BCUT2D eigenvalue weighted by molar-refractivity contribution is 6.04. The van der Waals surface area contributed by atoms with Crippen molar-refractivity contribution in [3.8, 4) is 5.75 Å². The van der Waals surface area contributed by atoms with Crippen molar-refractivity contribution in [2.45, 2.75) is 31.2 Å². The van der Waals surface area contributed by atoms with Gasteiger partial charge >= 0.3 is 6.18 Å². The first-order valence-electron chi connectivity index (χ1n) is 9.46. The average Bonchev–Trinajstić information content (AvgIpc) is 2.74. The first-order chi connectivity index (χ1) is 14.3. The molecule has 30 heavy (non-hydrogen) atoms. The van der Waals surface area contributed by atoms with E-state index in [-0.39, 0.29) is 23.6 Å². The molecule has 3 rings (SSSR count). The molecule has 0 bridgehead atoms. The highest BCUT2D eigenvalue weighted by Crippen LogP contribution is 2.29. The number of carbonyl (C=O) groups is 2. The summed E-state index contributed by atoms with van der Waals surface area (Å²) in [6.07, 6.45) is -3.35. The van der Waals surface area contributed by atoms with Crippen LogP contribution in [0.3, 0.4) is 0 Å². The van der Waals surface area contributed by atoms with Crippen LogP contribution in [0, 0.1) is 0 Å². The molecular weight excluding hydrogens is 399 g/mol. The number of piperidine rings is 1. The molecule has 1 aliphatic heterocycles. The Bertz CT molecular complexity index is 900. The summed E-state index contributed by atoms with van der Waals surface area (Å²) in [4.78, 5) is 24.0. The largest absolute Gasteiger partial charge is 0.490 e. The maximum absolute atomic E-state index is 12.8. The number of rotatable bonds is 5. The van der Waals surface area contributed by atoms with E-state index in [1.54, 1.807) is 31.3 Å². The van der Waals surface area contributed by atoms with Crippen LogP contribution in [0.5, 0.6) is 5.75 Å². The number of amides is 2. The van der Waals surface area contributed by atoms with Crippen LogP contribution in [-0.4, -0.2) is 37.6 Å². The number of anilines is 1. The number of carbonyl (C=O) groups excluding carboxylic acids is 2. The molecule has 0 aliphatic carbocycles. The number of halogens is 3. The fourth-order valence-corrected chi connectivity index (χ4v) is 3.21. The maximum Gasteiger partial charge on any atom is 0.416 e. The van der Waals surface area contributed by atoms with Crippen molar-refractivity contribution in [3.05, 3.63) is 59.7 Å². The third-order valence-electron chi connectivity index (χ3n) is 4.79. The van der Waals surface area contributed by atoms with Gasteiger partial charge in [0.1, 0.15) is 11.9 Å². The fraction of sp³-hybridized carbons (Fsp3) is 0.333. The zero-order valence-electron chi connectivity index (χ0n) is 16.3. The fourth-order valence-electron chi connectivity index (χ4n) is 3.21. The molecule has 2 unspecified atom stereocenters. The highest BCUT2D eigenvalue weighted by Gasteiger charge is 2.31. The van der Waals surface area contributed by atoms with E-state index in [1.165, 1.54) is 12.1 Å². The van der Waals surface area contributed by atoms with Crippen LogP contribution < -0.4 is 20.7 Å². The van der Waals surface area contributed by atoms with E-state index in [4.69, 9.17) is 4.74 Å². The van der Waals surface area contributed by atoms with Crippen molar-refractivity contribution in [1.29, 1.82) is 0 Å². The molecular formula is C21H22F3N3O3. The Morgan fingerprint density at radius 3 is 2.53 bits per heavy atom. The van der Waals surface area contributed by atoms with Crippen LogP contribution in [0.1, 0.15) is 28.8 Å². The summed E-state index contributed by atoms with van der Waals surface area (Å²) in [5.74, 6) is -0.146. The minimum Gasteiger partial charge on any atom is -0.490 e. The Morgan fingerprint density at radius 2 is 1.87 bits per heavy atom. The number of ether oxygens (including phenoxy) is 1. The van der Waals surface area contributed by atoms with Crippen LogP contribution in [-0.2, 0) is 11.0 Å². The predicted octanol–water partition coefficient (Wildman–Crippen LogP) is 3.20. The van der Waals surface area contributed by atoms with Gasteiger partial charge in [0.25, 0.3) is 5.91 Å². The highest BCUT2D eigenvalue weighted by atomic mass is 19.4. The SMILES string of the molecule is CNC(=O)C1CC(Oc2ccc(NC(=O)c3cccc(C(F)(F)F)c3)cc2)CCN1. The molecule has 6 nitrogen and oxygen atoms in total. The average molecular weight is 421 g/mol. The van der Waals surface area contributed by atoms with Crippen molar-refractivity contribution in [2.75, 3.05) is 18.9 Å². The lowest BCUT2D eigenvalue weighted by molar-refractivity contribution is -0.137. The molecule has 1 aliphatic rings. The molecule has 1 fully saturated rings. The molecule has 2 aromatic rings. The van der Waals surface area contributed by atoms with Crippen molar-refractivity contribution in [2.24, 2.45) is 0 Å². The van der Waals surface area contributed by atoms with Gasteiger partial charge in [-0.2, -0.15) is 13.2 Å².